The van der Waals surface area contributed by atoms with E-state index in [4.69, 9.17) is 9.47 Å². The summed E-state index contributed by atoms with van der Waals surface area (Å²) in [5.74, 6) is 1.44. The number of nitrogens with one attached hydrogen (secondary N) is 2. The average Bonchev–Trinajstić information content (AvgIpc) is 3.08. The average molecular weight is 621 g/mol. The van der Waals surface area contributed by atoms with Gasteiger partial charge in [0.05, 0.1) is 24.6 Å². The number of hydrogen-bond acceptors (Lipinski definition) is 4. The highest BCUT2D eigenvalue weighted by Crippen LogP contribution is 2.26. The SMILES string of the molecule is O=C(CCCCCCCCC(=O)Nc1ccccc1OCCCc1ccccc1)Nc1ccccc1OCCCc1ccccc1. The second-order valence-electron chi connectivity index (χ2n) is 11.6. The van der Waals surface area contributed by atoms with E-state index >= 15 is 0 Å². The maximum absolute atomic E-state index is 12.6. The predicted molar refractivity (Wildman–Crippen MR) is 188 cm³/mol. The lowest BCUT2D eigenvalue weighted by atomic mass is 10.1. The van der Waals surface area contributed by atoms with Gasteiger partial charge >= 0.3 is 0 Å². The zero-order valence-electron chi connectivity index (χ0n) is 26.9. The Kier molecular flexibility index (Phi) is 15.2. The highest BCUT2D eigenvalue weighted by Gasteiger charge is 2.09. The number of rotatable bonds is 21. The van der Waals surface area contributed by atoms with E-state index in [2.05, 4.69) is 59.2 Å². The molecule has 4 aromatic carbocycles. The molecule has 0 unspecified atom stereocenters. The van der Waals surface area contributed by atoms with Gasteiger partial charge in [-0.25, -0.2) is 0 Å². The van der Waals surface area contributed by atoms with Crippen molar-refractivity contribution in [1.29, 1.82) is 0 Å². The van der Waals surface area contributed by atoms with Gasteiger partial charge in [0.25, 0.3) is 0 Å². The summed E-state index contributed by atoms with van der Waals surface area (Å²) in [4.78, 5) is 25.2. The normalized spacial score (nSPS) is 10.7. The Morgan fingerprint density at radius 3 is 1.24 bits per heavy atom. The van der Waals surface area contributed by atoms with Crippen molar-refractivity contribution in [3.63, 3.8) is 0 Å². The summed E-state index contributed by atoms with van der Waals surface area (Å²) in [6.07, 6.45) is 10.5. The third-order valence-electron chi connectivity index (χ3n) is 7.80. The summed E-state index contributed by atoms with van der Waals surface area (Å²) in [7, 11) is 0. The highest BCUT2D eigenvalue weighted by molar-refractivity contribution is 5.92. The number of amides is 2. The first-order valence-electron chi connectivity index (χ1n) is 16.8. The smallest absolute Gasteiger partial charge is 0.224 e. The zero-order valence-corrected chi connectivity index (χ0v) is 26.9. The molecule has 0 aromatic heterocycles. The van der Waals surface area contributed by atoms with E-state index < -0.39 is 0 Å². The molecule has 4 rings (SSSR count). The largest absolute Gasteiger partial charge is 0.491 e. The Labute approximate surface area is 274 Å². The fraction of sp³-hybridized carbons (Fsp3) is 0.350. The zero-order chi connectivity index (χ0) is 32.1. The lowest BCUT2D eigenvalue weighted by molar-refractivity contribution is -0.117. The minimum Gasteiger partial charge on any atom is -0.491 e. The van der Waals surface area contributed by atoms with E-state index in [0.29, 0.717) is 37.6 Å². The predicted octanol–water partition coefficient (Wildman–Crippen LogP) is 9.41. The third-order valence-corrected chi connectivity index (χ3v) is 7.80. The molecule has 0 aliphatic heterocycles. The third kappa shape index (κ3) is 13.2. The number of carbonyl (C=O) groups is 2. The van der Waals surface area contributed by atoms with Crippen LogP contribution < -0.4 is 20.1 Å². The van der Waals surface area contributed by atoms with Gasteiger partial charge in [0.1, 0.15) is 11.5 Å². The molecule has 0 fully saturated rings. The number of carbonyl (C=O) groups excluding carboxylic acids is 2. The van der Waals surface area contributed by atoms with Crippen LogP contribution in [-0.2, 0) is 22.4 Å². The Balaban J connectivity index is 1.03. The Hall–Kier alpha value is -4.58. The van der Waals surface area contributed by atoms with Crippen molar-refractivity contribution in [3.05, 3.63) is 120 Å². The molecule has 6 heteroatoms. The maximum Gasteiger partial charge on any atom is 0.224 e. The molecule has 6 nitrogen and oxygen atoms in total. The first-order chi connectivity index (χ1) is 22.7. The standard InChI is InChI=1S/C40H48N2O4/c43-39(41-35-25-13-15-27-37(35)45-31-17-23-33-19-7-5-8-20-33)29-11-3-1-2-4-12-30-40(44)42-36-26-14-16-28-38(36)46-32-18-24-34-21-9-6-10-22-34/h5-10,13-16,19-22,25-28H,1-4,11-12,17-18,23-24,29-32H2,(H,41,43)(H,42,44). The van der Waals surface area contributed by atoms with E-state index in [1.54, 1.807) is 0 Å². The van der Waals surface area contributed by atoms with Crippen LogP contribution in [0, 0.1) is 0 Å². The number of unbranched alkanes of at least 4 members (excludes halogenated alkanes) is 5. The van der Waals surface area contributed by atoms with Crippen LogP contribution in [0.5, 0.6) is 11.5 Å². The lowest BCUT2D eigenvalue weighted by Crippen LogP contribution is -2.13. The molecule has 0 radical (unpaired) electrons. The van der Waals surface area contributed by atoms with Gasteiger partial charge < -0.3 is 20.1 Å². The molecule has 2 N–H and O–H groups in total. The molecular formula is C40H48N2O4. The summed E-state index contributed by atoms with van der Waals surface area (Å²) in [5.41, 5.74) is 4.05. The van der Waals surface area contributed by atoms with Crippen LogP contribution >= 0.6 is 0 Å². The molecule has 0 heterocycles. The van der Waals surface area contributed by atoms with Crippen molar-refractivity contribution in [2.45, 2.75) is 77.0 Å². The van der Waals surface area contributed by atoms with Gasteiger partial charge in [-0.3, -0.25) is 9.59 Å². The highest BCUT2D eigenvalue weighted by atomic mass is 16.5. The quantitative estimate of drug-likeness (QED) is 0.0910. The van der Waals surface area contributed by atoms with Crippen LogP contribution in [0.2, 0.25) is 0 Å². The van der Waals surface area contributed by atoms with Crippen LogP contribution in [-0.4, -0.2) is 25.0 Å². The molecule has 4 aromatic rings. The minimum atomic E-state index is 0.0115. The van der Waals surface area contributed by atoms with Crippen molar-refractivity contribution in [2.24, 2.45) is 0 Å². The number of para-hydroxylation sites is 4. The maximum atomic E-state index is 12.6. The molecule has 242 valence electrons. The molecule has 0 saturated carbocycles. The molecule has 2 amide bonds. The van der Waals surface area contributed by atoms with Gasteiger partial charge in [0.2, 0.25) is 11.8 Å². The first-order valence-corrected chi connectivity index (χ1v) is 16.8. The van der Waals surface area contributed by atoms with E-state index in [1.807, 2.05) is 60.7 Å². The van der Waals surface area contributed by atoms with Crippen molar-refractivity contribution in [3.8, 4) is 11.5 Å². The minimum absolute atomic E-state index is 0.0115. The second-order valence-corrected chi connectivity index (χ2v) is 11.6. The van der Waals surface area contributed by atoms with Gasteiger partial charge in [-0.1, -0.05) is 111 Å². The van der Waals surface area contributed by atoms with Crippen LogP contribution in [0.3, 0.4) is 0 Å². The first kappa shape index (κ1) is 34.3. The van der Waals surface area contributed by atoms with E-state index in [-0.39, 0.29) is 11.8 Å². The number of hydrogen-bond donors (Lipinski definition) is 2. The van der Waals surface area contributed by atoms with Gasteiger partial charge in [-0.15, -0.1) is 0 Å². The van der Waals surface area contributed by atoms with Crippen LogP contribution in [0.25, 0.3) is 0 Å². The summed E-state index contributed by atoms with van der Waals surface area (Å²) in [6, 6.07) is 36.0. The topological polar surface area (TPSA) is 76.7 Å². The Bertz CT molecular complexity index is 1330. The van der Waals surface area contributed by atoms with E-state index in [1.165, 1.54) is 11.1 Å². The van der Waals surface area contributed by atoms with Crippen molar-refractivity contribution < 1.29 is 19.1 Å². The summed E-state index contributed by atoms with van der Waals surface area (Å²) in [5, 5.41) is 6.04. The van der Waals surface area contributed by atoms with Crippen LogP contribution in [0.1, 0.15) is 75.3 Å². The molecule has 0 spiro atoms. The van der Waals surface area contributed by atoms with Crippen LogP contribution in [0.15, 0.2) is 109 Å². The molecule has 0 aliphatic rings. The van der Waals surface area contributed by atoms with Gasteiger partial charge in [0, 0.05) is 12.8 Å². The molecule has 0 bridgehead atoms. The number of anilines is 2. The Morgan fingerprint density at radius 1 is 0.435 bits per heavy atom. The summed E-state index contributed by atoms with van der Waals surface area (Å²) >= 11 is 0. The Morgan fingerprint density at radius 2 is 0.804 bits per heavy atom. The van der Waals surface area contributed by atoms with Gasteiger partial charge in [0.15, 0.2) is 0 Å². The number of aryl methyl sites for hydroxylation is 2. The van der Waals surface area contributed by atoms with Crippen molar-refractivity contribution >= 4 is 23.2 Å². The van der Waals surface area contributed by atoms with E-state index in [9.17, 15) is 9.59 Å². The number of benzene rings is 4. The molecule has 0 aliphatic carbocycles. The molecular weight excluding hydrogens is 572 g/mol. The summed E-state index contributed by atoms with van der Waals surface area (Å²) in [6.45, 7) is 1.20. The monoisotopic (exact) mass is 620 g/mol. The molecule has 46 heavy (non-hydrogen) atoms. The lowest BCUT2D eigenvalue weighted by Gasteiger charge is -2.13. The molecule has 0 saturated heterocycles. The fourth-order valence-electron chi connectivity index (χ4n) is 5.30. The van der Waals surface area contributed by atoms with Crippen molar-refractivity contribution in [2.75, 3.05) is 23.8 Å². The van der Waals surface area contributed by atoms with Crippen molar-refractivity contribution in [1.82, 2.24) is 0 Å². The van der Waals surface area contributed by atoms with Crippen LogP contribution in [0.4, 0.5) is 11.4 Å². The number of ether oxygens (including phenoxy) is 2. The van der Waals surface area contributed by atoms with Gasteiger partial charge in [-0.05, 0) is 73.9 Å². The molecule has 0 atom stereocenters. The second kappa shape index (κ2) is 20.5. The van der Waals surface area contributed by atoms with Gasteiger partial charge in [-0.2, -0.15) is 0 Å². The summed E-state index contributed by atoms with van der Waals surface area (Å²) < 4.78 is 12.0. The van der Waals surface area contributed by atoms with E-state index in [0.717, 1.165) is 75.6 Å². The fourth-order valence-corrected chi connectivity index (χ4v) is 5.30.